The lowest BCUT2D eigenvalue weighted by Crippen LogP contribution is -1.97. The number of hydrogen-bond donors (Lipinski definition) is 0. The average molecular weight is 257 g/mol. The Labute approximate surface area is 116 Å². The minimum atomic E-state index is 0.671. The lowest BCUT2D eigenvalue weighted by molar-refractivity contribution is 0.837. The second-order valence-electron chi connectivity index (χ2n) is 4.64. The van der Waals surface area contributed by atoms with Gasteiger partial charge in [-0.1, -0.05) is 12.1 Å². The number of fused-ring (bicyclic) bond motifs is 1. The van der Waals surface area contributed by atoms with Crippen LogP contribution in [0.25, 0.3) is 10.9 Å². The van der Waals surface area contributed by atoms with Crippen LogP contribution in [0.4, 0.5) is 0 Å². The van der Waals surface area contributed by atoms with Crippen LogP contribution in [0.3, 0.4) is 0 Å². The molecule has 0 radical (unpaired) electrons. The molecule has 1 aromatic heterocycles. The van der Waals surface area contributed by atoms with E-state index in [1.54, 1.807) is 0 Å². The summed E-state index contributed by atoms with van der Waals surface area (Å²) in [4.78, 5) is 0. The van der Waals surface area contributed by atoms with E-state index in [-0.39, 0.29) is 0 Å². The zero-order chi connectivity index (χ0) is 13.9. The molecule has 20 heavy (non-hydrogen) atoms. The molecule has 3 rings (SSSR count). The minimum Gasteiger partial charge on any atom is -0.343 e. The van der Waals surface area contributed by atoms with Crippen LogP contribution in [-0.4, -0.2) is 4.57 Å². The smallest absolute Gasteiger partial charge is 0.0991 e. The molecule has 94 valence electrons. The van der Waals surface area contributed by atoms with Crippen LogP contribution < -0.4 is 0 Å². The van der Waals surface area contributed by atoms with E-state index in [4.69, 9.17) is 10.5 Å². The summed E-state index contributed by atoms with van der Waals surface area (Å²) >= 11 is 0. The van der Waals surface area contributed by atoms with Gasteiger partial charge in [0, 0.05) is 23.6 Å². The van der Waals surface area contributed by atoms with Crippen molar-refractivity contribution in [3.8, 4) is 12.1 Å². The predicted octanol–water partition coefficient (Wildman–Crippen LogP) is 3.43. The first-order chi connectivity index (χ1) is 9.80. The molecular formula is C17H11N3. The van der Waals surface area contributed by atoms with E-state index in [0.717, 1.165) is 23.0 Å². The fraction of sp³-hybridized carbons (Fsp3) is 0.0588. The van der Waals surface area contributed by atoms with Gasteiger partial charge in [-0.2, -0.15) is 10.5 Å². The minimum absolute atomic E-state index is 0.671. The van der Waals surface area contributed by atoms with Gasteiger partial charge in [0.05, 0.1) is 23.3 Å². The Morgan fingerprint density at radius 1 is 0.850 bits per heavy atom. The maximum atomic E-state index is 8.91. The Morgan fingerprint density at radius 3 is 2.25 bits per heavy atom. The highest BCUT2D eigenvalue weighted by Crippen LogP contribution is 2.19. The number of benzene rings is 2. The number of nitriles is 2. The van der Waals surface area contributed by atoms with Crippen molar-refractivity contribution >= 4 is 10.9 Å². The Hall–Kier alpha value is -3.04. The van der Waals surface area contributed by atoms with Crippen molar-refractivity contribution in [2.75, 3.05) is 0 Å². The molecule has 1 heterocycles. The molecule has 0 amide bonds. The molecule has 0 fully saturated rings. The fourth-order valence-corrected chi connectivity index (χ4v) is 2.29. The molecule has 0 N–H and O–H groups in total. The average Bonchev–Trinajstić information content (AvgIpc) is 2.90. The summed E-state index contributed by atoms with van der Waals surface area (Å²) in [5, 5.41) is 18.8. The van der Waals surface area contributed by atoms with Gasteiger partial charge in [-0.05, 0) is 42.0 Å². The molecule has 0 spiro atoms. The van der Waals surface area contributed by atoms with Crippen LogP contribution in [0, 0.1) is 22.7 Å². The maximum absolute atomic E-state index is 8.91. The molecule has 0 saturated carbocycles. The van der Waals surface area contributed by atoms with E-state index in [0.29, 0.717) is 11.1 Å². The zero-order valence-electron chi connectivity index (χ0n) is 10.7. The summed E-state index contributed by atoms with van der Waals surface area (Å²) in [6.45, 7) is 0.751. The monoisotopic (exact) mass is 257 g/mol. The predicted molar refractivity (Wildman–Crippen MR) is 76.9 cm³/mol. The summed E-state index contributed by atoms with van der Waals surface area (Å²) < 4.78 is 2.14. The standard InChI is InChI=1S/C17H11N3/c18-10-13-1-3-14(4-2-13)12-20-8-7-16-9-15(11-19)5-6-17(16)20/h1-9H,12H2. The Kier molecular flexibility index (Phi) is 2.95. The highest BCUT2D eigenvalue weighted by atomic mass is 14.9. The molecule has 0 saturated heterocycles. The molecule has 0 atom stereocenters. The summed E-state index contributed by atoms with van der Waals surface area (Å²) in [7, 11) is 0. The van der Waals surface area contributed by atoms with E-state index in [1.807, 2.05) is 54.7 Å². The van der Waals surface area contributed by atoms with Gasteiger partial charge in [-0.25, -0.2) is 0 Å². The summed E-state index contributed by atoms with van der Waals surface area (Å²) in [5.41, 5.74) is 3.60. The van der Waals surface area contributed by atoms with Crippen molar-refractivity contribution in [3.05, 3.63) is 71.4 Å². The van der Waals surface area contributed by atoms with Crippen LogP contribution in [0.5, 0.6) is 0 Å². The summed E-state index contributed by atoms with van der Waals surface area (Å²) in [5.74, 6) is 0. The van der Waals surface area contributed by atoms with E-state index < -0.39 is 0 Å². The largest absolute Gasteiger partial charge is 0.343 e. The van der Waals surface area contributed by atoms with Gasteiger partial charge in [-0.15, -0.1) is 0 Å². The van der Waals surface area contributed by atoms with Crippen molar-refractivity contribution < 1.29 is 0 Å². The molecule has 0 aliphatic rings. The highest BCUT2D eigenvalue weighted by molar-refractivity contribution is 5.81. The zero-order valence-corrected chi connectivity index (χ0v) is 10.7. The first kappa shape index (κ1) is 12.0. The van der Waals surface area contributed by atoms with Gasteiger partial charge in [0.2, 0.25) is 0 Å². The maximum Gasteiger partial charge on any atom is 0.0991 e. The highest BCUT2D eigenvalue weighted by Gasteiger charge is 2.03. The van der Waals surface area contributed by atoms with Gasteiger partial charge in [-0.3, -0.25) is 0 Å². The SMILES string of the molecule is N#Cc1ccc(Cn2ccc3cc(C#N)ccc32)cc1. The lowest BCUT2D eigenvalue weighted by atomic mass is 10.1. The first-order valence-electron chi connectivity index (χ1n) is 6.28. The van der Waals surface area contributed by atoms with Crippen molar-refractivity contribution in [3.63, 3.8) is 0 Å². The summed E-state index contributed by atoms with van der Waals surface area (Å²) in [6.07, 6.45) is 2.02. The van der Waals surface area contributed by atoms with Crippen LogP contribution in [0.1, 0.15) is 16.7 Å². The number of hydrogen-bond acceptors (Lipinski definition) is 2. The third-order valence-corrected chi connectivity index (χ3v) is 3.34. The fourth-order valence-electron chi connectivity index (χ4n) is 2.29. The molecule has 3 aromatic rings. The van der Waals surface area contributed by atoms with Crippen molar-refractivity contribution in [1.29, 1.82) is 10.5 Å². The van der Waals surface area contributed by atoms with Gasteiger partial charge in [0.15, 0.2) is 0 Å². The Bertz CT molecular complexity index is 843. The van der Waals surface area contributed by atoms with Gasteiger partial charge < -0.3 is 4.57 Å². The topological polar surface area (TPSA) is 52.5 Å². The van der Waals surface area contributed by atoms with E-state index in [9.17, 15) is 0 Å². The van der Waals surface area contributed by atoms with Gasteiger partial charge >= 0.3 is 0 Å². The molecule has 0 aliphatic carbocycles. The second kappa shape index (κ2) is 4.91. The van der Waals surface area contributed by atoms with Crippen LogP contribution in [0.2, 0.25) is 0 Å². The quantitative estimate of drug-likeness (QED) is 0.706. The van der Waals surface area contributed by atoms with Crippen molar-refractivity contribution in [2.45, 2.75) is 6.54 Å². The van der Waals surface area contributed by atoms with Gasteiger partial charge in [0.25, 0.3) is 0 Å². The van der Waals surface area contributed by atoms with E-state index in [1.165, 1.54) is 0 Å². The van der Waals surface area contributed by atoms with Crippen molar-refractivity contribution in [2.24, 2.45) is 0 Å². The Morgan fingerprint density at radius 2 is 1.55 bits per heavy atom. The van der Waals surface area contributed by atoms with Crippen molar-refractivity contribution in [1.82, 2.24) is 4.57 Å². The molecular weight excluding hydrogens is 246 g/mol. The van der Waals surface area contributed by atoms with E-state index >= 15 is 0 Å². The summed E-state index contributed by atoms with van der Waals surface area (Å²) in [6, 6.07) is 19.6. The molecule has 2 aromatic carbocycles. The second-order valence-corrected chi connectivity index (χ2v) is 4.64. The third kappa shape index (κ3) is 2.13. The Balaban J connectivity index is 1.95. The van der Waals surface area contributed by atoms with Gasteiger partial charge in [0.1, 0.15) is 0 Å². The molecule has 0 bridgehead atoms. The van der Waals surface area contributed by atoms with E-state index in [2.05, 4.69) is 16.7 Å². The van der Waals surface area contributed by atoms with Crippen LogP contribution >= 0.6 is 0 Å². The molecule has 0 unspecified atom stereocenters. The molecule has 3 heteroatoms. The number of rotatable bonds is 2. The third-order valence-electron chi connectivity index (χ3n) is 3.34. The molecule has 3 nitrogen and oxygen atoms in total. The van der Waals surface area contributed by atoms with Crippen LogP contribution in [-0.2, 0) is 6.54 Å². The number of nitrogens with zero attached hydrogens (tertiary/aromatic N) is 3. The first-order valence-corrected chi connectivity index (χ1v) is 6.28. The normalized spacial score (nSPS) is 10.1. The lowest BCUT2D eigenvalue weighted by Gasteiger charge is -2.06. The molecule has 0 aliphatic heterocycles. The van der Waals surface area contributed by atoms with Crippen LogP contribution in [0.15, 0.2) is 54.7 Å². The number of aromatic nitrogens is 1.